The van der Waals surface area contributed by atoms with Crippen LogP contribution in [0.4, 0.5) is 10.1 Å². The highest BCUT2D eigenvalue weighted by atomic mass is 32.2. The van der Waals surface area contributed by atoms with Gasteiger partial charge in [-0.1, -0.05) is 17.7 Å². The Balaban J connectivity index is 1.80. The fourth-order valence-corrected chi connectivity index (χ4v) is 4.55. The van der Waals surface area contributed by atoms with Gasteiger partial charge in [-0.2, -0.15) is 4.31 Å². The normalized spacial score (nSPS) is 18.2. The van der Waals surface area contributed by atoms with Crippen LogP contribution in [0.3, 0.4) is 0 Å². The molecule has 0 saturated carbocycles. The second kappa shape index (κ2) is 6.93. The van der Waals surface area contributed by atoms with E-state index in [2.05, 4.69) is 5.32 Å². The van der Waals surface area contributed by atoms with Gasteiger partial charge in [-0.05, 0) is 56.2 Å². The summed E-state index contributed by atoms with van der Waals surface area (Å²) in [5, 5.41) is 2.66. The first-order chi connectivity index (χ1) is 11.9. The number of sulfonamides is 1. The van der Waals surface area contributed by atoms with Crippen molar-refractivity contribution in [1.82, 2.24) is 4.31 Å². The molecule has 1 atom stereocenters. The molecule has 1 saturated heterocycles. The van der Waals surface area contributed by atoms with Crippen LogP contribution < -0.4 is 5.32 Å². The highest BCUT2D eigenvalue weighted by Gasteiger charge is 2.39. The maximum atomic E-state index is 13.0. The minimum absolute atomic E-state index is 0.180. The minimum Gasteiger partial charge on any atom is -0.325 e. The van der Waals surface area contributed by atoms with Crippen LogP contribution in [0.5, 0.6) is 0 Å². The predicted molar refractivity (Wildman–Crippen MR) is 93.1 cm³/mol. The first-order valence-corrected chi connectivity index (χ1v) is 9.47. The molecule has 7 heteroatoms. The molecule has 5 nitrogen and oxygen atoms in total. The lowest BCUT2D eigenvalue weighted by molar-refractivity contribution is -0.119. The van der Waals surface area contributed by atoms with Gasteiger partial charge < -0.3 is 5.32 Å². The number of carbonyl (C=O) groups is 1. The summed E-state index contributed by atoms with van der Waals surface area (Å²) in [5.41, 5.74) is 1.40. The molecule has 1 N–H and O–H groups in total. The zero-order valence-corrected chi connectivity index (χ0v) is 14.6. The van der Waals surface area contributed by atoms with E-state index in [1.807, 2.05) is 6.92 Å². The molecule has 2 aromatic rings. The number of hydrogen-bond donors (Lipinski definition) is 1. The summed E-state index contributed by atoms with van der Waals surface area (Å²) in [6, 6.07) is 11.2. The van der Waals surface area contributed by atoms with Gasteiger partial charge in [0.1, 0.15) is 11.9 Å². The summed E-state index contributed by atoms with van der Waals surface area (Å²) < 4.78 is 39.9. The Morgan fingerprint density at radius 3 is 2.40 bits per heavy atom. The van der Waals surface area contributed by atoms with E-state index in [0.29, 0.717) is 25.1 Å². The maximum absolute atomic E-state index is 13.0. The number of halogens is 1. The van der Waals surface area contributed by atoms with Gasteiger partial charge in [0.2, 0.25) is 15.9 Å². The number of anilines is 1. The molecule has 25 heavy (non-hydrogen) atoms. The average molecular weight is 362 g/mol. The van der Waals surface area contributed by atoms with Gasteiger partial charge in [0.25, 0.3) is 0 Å². The highest BCUT2D eigenvalue weighted by molar-refractivity contribution is 7.89. The molecule has 0 aliphatic carbocycles. The van der Waals surface area contributed by atoms with Crippen LogP contribution in [0.15, 0.2) is 53.4 Å². The fraction of sp³-hybridized carbons (Fsp3) is 0.278. The monoisotopic (exact) mass is 362 g/mol. The standard InChI is InChI=1S/C18H19FN2O3S/c1-13-4-10-16(11-5-13)25(23,24)21-12-2-3-17(21)18(22)20-15-8-6-14(19)7-9-15/h4-11,17H,2-3,12H2,1H3,(H,20,22)/t17-/m0/s1. The van der Waals surface area contributed by atoms with Gasteiger partial charge in [0.15, 0.2) is 0 Å². The van der Waals surface area contributed by atoms with Crippen molar-refractivity contribution in [1.29, 1.82) is 0 Å². The number of nitrogens with one attached hydrogen (secondary N) is 1. The van der Waals surface area contributed by atoms with Crippen molar-refractivity contribution in [2.75, 3.05) is 11.9 Å². The van der Waals surface area contributed by atoms with Crippen LogP contribution in [0.1, 0.15) is 18.4 Å². The number of nitrogens with zero attached hydrogens (tertiary/aromatic N) is 1. The van der Waals surface area contributed by atoms with E-state index < -0.39 is 27.8 Å². The topological polar surface area (TPSA) is 66.5 Å². The van der Waals surface area contributed by atoms with Gasteiger partial charge in [0, 0.05) is 12.2 Å². The lowest BCUT2D eigenvalue weighted by atomic mass is 10.2. The van der Waals surface area contributed by atoms with Crippen molar-refractivity contribution < 1.29 is 17.6 Å². The molecule has 1 aliphatic heterocycles. The Morgan fingerprint density at radius 1 is 1.12 bits per heavy atom. The third-order valence-electron chi connectivity index (χ3n) is 4.25. The fourth-order valence-electron chi connectivity index (χ4n) is 2.89. The smallest absolute Gasteiger partial charge is 0.243 e. The lowest BCUT2D eigenvalue weighted by Crippen LogP contribution is -2.43. The molecule has 1 fully saturated rings. The van der Waals surface area contributed by atoms with Crippen LogP contribution in [-0.4, -0.2) is 31.2 Å². The highest BCUT2D eigenvalue weighted by Crippen LogP contribution is 2.27. The number of benzene rings is 2. The second-order valence-electron chi connectivity index (χ2n) is 6.08. The molecule has 0 aromatic heterocycles. The largest absolute Gasteiger partial charge is 0.325 e. The van der Waals surface area contributed by atoms with Gasteiger partial charge >= 0.3 is 0 Å². The number of amides is 1. The molecular weight excluding hydrogens is 343 g/mol. The van der Waals surface area contributed by atoms with E-state index in [1.54, 1.807) is 24.3 Å². The van der Waals surface area contributed by atoms with Gasteiger partial charge in [-0.15, -0.1) is 0 Å². The van der Waals surface area contributed by atoms with Crippen molar-refractivity contribution in [2.45, 2.75) is 30.7 Å². The molecular formula is C18H19FN2O3S. The quantitative estimate of drug-likeness (QED) is 0.909. The SMILES string of the molecule is Cc1ccc(S(=O)(=O)N2CCC[C@H]2C(=O)Nc2ccc(F)cc2)cc1. The summed E-state index contributed by atoms with van der Waals surface area (Å²) in [5.74, 6) is -0.803. The number of hydrogen-bond acceptors (Lipinski definition) is 3. The lowest BCUT2D eigenvalue weighted by Gasteiger charge is -2.23. The molecule has 3 rings (SSSR count). The van der Waals surface area contributed by atoms with Crippen molar-refractivity contribution in [3.8, 4) is 0 Å². The first kappa shape index (κ1) is 17.6. The van der Waals surface area contributed by atoms with E-state index in [0.717, 1.165) is 5.56 Å². The van der Waals surface area contributed by atoms with Crippen molar-refractivity contribution in [2.24, 2.45) is 0 Å². The van der Waals surface area contributed by atoms with Crippen LogP contribution >= 0.6 is 0 Å². The maximum Gasteiger partial charge on any atom is 0.243 e. The summed E-state index contributed by atoms with van der Waals surface area (Å²) in [4.78, 5) is 12.7. The molecule has 0 bridgehead atoms. The van der Waals surface area contributed by atoms with Crippen LogP contribution in [0.2, 0.25) is 0 Å². The van der Waals surface area contributed by atoms with Gasteiger partial charge in [-0.3, -0.25) is 4.79 Å². The summed E-state index contributed by atoms with van der Waals surface area (Å²) in [6.07, 6.45) is 1.07. The van der Waals surface area contributed by atoms with Gasteiger partial charge in [0.05, 0.1) is 4.90 Å². The van der Waals surface area contributed by atoms with Crippen molar-refractivity contribution in [3.63, 3.8) is 0 Å². The molecule has 1 aliphatic rings. The molecule has 1 amide bonds. The van der Waals surface area contributed by atoms with E-state index in [-0.39, 0.29) is 4.90 Å². The molecule has 2 aromatic carbocycles. The average Bonchev–Trinajstić information content (AvgIpc) is 3.08. The van der Waals surface area contributed by atoms with Crippen LogP contribution in [0.25, 0.3) is 0 Å². The molecule has 1 heterocycles. The minimum atomic E-state index is -3.74. The summed E-state index contributed by atoms with van der Waals surface area (Å²) in [7, 11) is -3.74. The van der Waals surface area contributed by atoms with Crippen molar-refractivity contribution >= 4 is 21.6 Å². The van der Waals surface area contributed by atoms with E-state index in [1.165, 1.54) is 28.6 Å². The second-order valence-corrected chi connectivity index (χ2v) is 7.97. The van der Waals surface area contributed by atoms with Crippen LogP contribution in [-0.2, 0) is 14.8 Å². The van der Waals surface area contributed by atoms with Crippen molar-refractivity contribution in [3.05, 3.63) is 59.9 Å². The van der Waals surface area contributed by atoms with E-state index >= 15 is 0 Å². The molecule has 0 spiro atoms. The van der Waals surface area contributed by atoms with Crippen LogP contribution in [0, 0.1) is 12.7 Å². The zero-order chi connectivity index (χ0) is 18.0. The van der Waals surface area contributed by atoms with Gasteiger partial charge in [-0.25, -0.2) is 12.8 Å². The Morgan fingerprint density at radius 2 is 1.76 bits per heavy atom. The Labute approximate surface area is 146 Å². The predicted octanol–water partition coefficient (Wildman–Crippen LogP) is 2.93. The molecule has 132 valence electrons. The third-order valence-corrected chi connectivity index (χ3v) is 6.17. The number of rotatable bonds is 4. The summed E-state index contributed by atoms with van der Waals surface area (Å²) in [6.45, 7) is 2.18. The third kappa shape index (κ3) is 3.72. The van der Waals surface area contributed by atoms with E-state index in [9.17, 15) is 17.6 Å². The Bertz CT molecular complexity index is 864. The van der Waals surface area contributed by atoms with E-state index in [4.69, 9.17) is 0 Å². The Kier molecular flexibility index (Phi) is 4.87. The molecule has 0 radical (unpaired) electrons. The Hall–Kier alpha value is -2.25. The zero-order valence-electron chi connectivity index (χ0n) is 13.8. The number of carbonyl (C=O) groups excluding carboxylic acids is 1. The number of aryl methyl sites for hydroxylation is 1. The first-order valence-electron chi connectivity index (χ1n) is 8.03. The molecule has 0 unspecified atom stereocenters. The summed E-state index contributed by atoms with van der Waals surface area (Å²) >= 11 is 0.